The van der Waals surface area contributed by atoms with Crippen molar-refractivity contribution >= 4 is 11.6 Å². The van der Waals surface area contributed by atoms with Crippen molar-refractivity contribution in [3.05, 3.63) is 54.1 Å². The van der Waals surface area contributed by atoms with Crippen LogP contribution in [0.2, 0.25) is 0 Å². The summed E-state index contributed by atoms with van der Waals surface area (Å²) < 4.78 is 10.9. The van der Waals surface area contributed by atoms with Gasteiger partial charge in [-0.3, -0.25) is 4.79 Å². The zero-order valence-corrected chi connectivity index (χ0v) is 17.1. The van der Waals surface area contributed by atoms with Gasteiger partial charge >= 0.3 is 0 Å². The van der Waals surface area contributed by atoms with Crippen LogP contribution in [0.5, 0.6) is 11.5 Å². The lowest BCUT2D eigenvalue weighted by Gasteiger charge is -2.35. The molecule has 6 heteroatoms. The molecule has 4 rings (SSSR count). The maximum Gasteiger partial charge on any atom is 0.231 e. The van der Waals surface area contributed by atoms with Gasteiger partial charge in [0.15, 0.2) is 11.5 Å². The molecule has 1 unspecified atom stereocenters. The predicted molar refractivity (Wildman–Crippen MR) is 114 cm³/mol. The molecule has 29 heavy (non-hydrogen) atoms. The van der Waals surface area contributed by atoms with Crippen molar-refractivity contribution in [2.45, 2.75) is 24.8 Å². The molecule has 1 atom stereocenters. The summed E-state index contributed by atoms with van der Waals surface area (Å²) in [5.41, 5.74) is 2.24. The van der Waals surface area contributed by atoms with Crippen molar-refractivity contribution in [1.29, 1.82) is 0 Å². The molecule has 0 bridgehead atoms. The van der Waals surface area contributed by atoms with Crippen LogP contribution in [-0.2, 0) is 4.79 Å². The number of fused-ring (bicyclic) bond motifs is 1. The maximum absolute atomic E-state index is 12.7. The van der Waals surface area contributed by atoms with Crippen molar-refractivity contribution in [2.75, 3.05) is 45.4 Å². The number of piperidine rings is 1. The van der Waals surface area contributed by atoms with E-state index in [-0.39, 0.29) is 11.8 Å². The Labute approximate surface area is 172 Å². The van der Waals surface area contributed by atoms with Crippen molar-refractivity contribution in [3.63, 3.8) is 0 Å². The van der Waals surface area contributed by atoms with E-state index >= 15 is 0 Å². The SMILES string of the molecule is CN(C)C(=O)C(CNC1CCN(c2ccc3c(c2)OCO3)CC1)c1ccccc1. The highest BCUT2D eigenvalue weighted by atomic mass is 16.7. The summed E-state index contributed by atoms with van der Waals surface area (Å²) in [6.07, 6.45) is 2.10. The third-order valence-corrected chi connectivity index (χ3v) is 5.77. The van der Waals surface area contributed by atoms with Gasteiger partial charge in [-0.2, -0.15) is 0 Å². The lowest BCUT2D eigenvalue weighted by molar-refractivity contribution is -0.130. The Bertz CT molecular complexity index is 833. The lowest BCUT2D eigenvalue weighted by Crippen LogP contribution is -2.45. The summed E-state index contributed by atoms with van der Waals surface area (Å²) in [4.78, 5) is 16.8. The van der Waals surface area contributed by atoms with Gasteiger partial charge in [-0.15, -0.1) is 0 Å². The summed E-state index contributed by atoms with van der Waals surface area (Å²) in [7, 11) is 3.64. The van der Waals surface area contributed by atoms with Gasteiger partial charge in [0.1, 0.15) is 0 Å². The Hall–Kier alpha value is -2.73. The molecule has 1 N–H and O–H groups in total. The standard InChI is InChI=1S/C23H29N3O3/c1-25(2)23(27)20(17-6-4-3-5-7-17)15-24-18-10-12-26(13-11-18)19-8-9-21-22(14-19)29-16-28-21/h3-9,14,18,20,24H,10-13,15-16H2,1-2H3. The van der Waals surface area contributed by atoms with Crippen LogP contribution in [0.1, 0.15) is 24.3 Å². The second-order valence-electron chi connectivity index (χ2n) is 7.90. The smallest absolute Gasteiger partial charge is 0.231 e. The molecule has 154 valence electrons. The summed E-state index contributed by atoms with van der Waals surface area (Å²) in [6.45, 7) is 2.93. The van der Waals surface area contributed by atoms with E-state index in [1.54, 1.807) is 4.90 Å². The molecule has 0 spiro atoms. The Morgan fingerprint density at radius 2 is 1.83 bits per heavy atom. The molecule has 2 aromatic carbocycles. The normalized spacial score (nSPS) is 17.2. The molecule has 1 saturated heterocycles. The number of carbonyl (C=O) groups is 1. The zero-order valence-electron chi connectivity index (χ0n) is 17.1. The average molecular weight is 396 g/mol. The number of hydrogen-bond acceptors (Lipinski definition) is 5. The van der Waals surface area contributed by atoms with Gasteiger partial charge in [0.05, 0.1) is 5.92 Å². The zero-order chi connectivity index (χ0) is 20.2. The minimum absolute atomic E-state index is 0.140. The molecule has 0 aliphatic carbocycles. The number of rotatable bonds is 6. The summed E-state index contributed by atoms with van der Waals surface area (Å²) >= 11 is 0. The van der Waals surface area contributed by atoms with Gasteiger partial charge in [-0.05, 0) is 30.5 Å². The van der Waals surface area contributed by atoms with E-state index in [1.807, 2.05) is 50.5 Å². The van der Waals surface area contributed by atoms with E-state index in [0.717, 1.165) is 43.0 Å². The van der Waals surface area contributed by atoms with Crippen LogP contribution in [0, 0.1) is 0 Å². The van der Waals surface area contributed by atoms with Crippen LogP contribution in [0.3, 0.4) is 0 Å². The van der Waals surface area contributed by atoms with E-state index in [2.05, 4.69) is 22.3 Å². The highest BCUT2D eigenvalue weighted by Crippen LogP contribution is 2.36. The highest BCUT2D eigenvalue weighted by Gasteiger charge is 2.26. The van der Waals surface area contributed by atoms with Gasteiger partial charge < -0.3 is 24.6 Å². The van der Waals surface area contributed by atoms with Crippen LogP contribution >= 0.6 is 0 Å². The first kappa shape index (κ1) is 19.6. The predicted octanol–water partition coefficient (Wildman–Crippen LogP) is 2.85. The number of anilines is 1. The molecule has 2 aliphatic heterocycles. The molecule has 0 aromatic heterocycles. The molecule has 0 radical (unpaired) electrons. The Kier molecular flexibility index (Phi) is 5.90. The molecule has 2 aliphatic rings. The van der Waals surface area contributed by atoms with E-state index in [0.29, 0.717) is 19.4 Å². The fourth-order valence-corrected chi connectivity index (χ4v) is 4.05. The topological polar surface area (TPSA) is 54.0 Å². The first-order valence-corrected chi connectivity index (χ1v) is 10.3. The molecule has 6 nitrogen and oxygen atoms in total. The number of amides is 1. The van der Waals surface area contributed by atoms with Gasteiger partial charge in [0.2, 0.25) is 12.7 Å². The number of nitrogens with one attached hydrogen (secondary N) is 1. The van der Waals surface area contributed by atoms with E-state index in [9.17, 15) is 4.79 Å². The lowest BCUT2D eigenvalue weighted by atomic mass is 9.96. The number of hydrogen-bond donors (Lipinski definition) is 1. The minimum Gasteiger partial charge on any atom is -0.454 e. The largest absolute Gasteiger partial charge is 0.454 e. The van der Waals surface area contributed by atoms with Crippen molar-refractivity contribution in [1.82, 2.24) is 10.2 Å². The maximum atomic E-state index is 12.7. The van der Waals surface area contributed by atoms with Crippen LogP contribution < -0.4 is 19.7 Å². The summed E-state index contributed by atoms with van der Waals surface area (Å²) in [5.74, 6) is 1.64. The van der Waals surface area contributed by atoms with Crippen LogP contribution in [0.25, 0.3) is 0 Å². The van der Waals surface area contributed by atoms with Gasteiger partial charge in [-0.25, -0.2) is 0 Å². The fourth-order valence-electron chi connectivity index (χ4n) is 4.05. The third-order valence-electron chi connectivity index (χ3n) is 5.77. The highest BCUT2D eigenvalue weighted by molar-refractivity contribution is 5.83. The monoisotopic (exact) mass is 395 g/mol. The quantitative estimate of drug-likeness (QED) is 0.815. The molecular weight excluding hydrogens is 366 g/mol. The van der Waals surface area contributed by atoms with Gasteiger partial charge in [0, 0.05) is 51.5 Å². The third kappa shape index (κ3) is 4.48. The fraction of sp³-hybridized carbons (Fsp3) is 0.435. The Morgan fingerprint density at radius 3 is 2.55 bits per heavy atom. The van der Waals surface area contributed by atoms with Crippen molar-refractivity contribution in [3.8, 4) is 11.5 Å². The first-order chi connectivity index (χ1) is 14.1. The van der Waals surface area contributed by atoms with E-state index in [4.69, 9.17) is 9.47 Å². The van der Waals surface area contributed by atoms with Crippen molar-refractivity contribution in [2.24, 2.45) is 0 Å². The van der Waals surface area contributed by atoms with Crippen LogP contribution in [-0.4, -0.2) is 57.4 Å². The second-order valence-corrected chi connectivity index (χ2v) is 7.90. The Morgan fingerprint density at radius 1 is 1.10 bits per heavy atom. The van der Waals surface area contributed by atoms with Gasteiger partial charge in [-0.1, -0.05) is 30.3 Å². The van der Waals surface area contributed by atoms with Crippen LogP contribution in [0.15, 0.2) is 48.5 Å². The Balaban J connectivity index is 1.33. The first-order valence-electron chi connectivity index (χ1n) is 10.3. The van der Waals surface area contributed by atoms with Crippen LogP contribution in [0.4, 0.5) is 5.69 Å². The summed E-state index contributed by atoms with van der Waals surface area (Å²) in [5, 5.41) is 3.65. The molecular formula is C23H29N3O3. The molecule has 2 heterocycles. The molecule has 0 saturated carbocycles. The van der Waals surface area contributed by atoms with Crippen molar-refractivity contribution < 1.29 is 14.3 Å². The van der Waals surface area contributed by atoms with Gasteiger partial charge in [0.25, 0.3) is 0 Å². The number of likely N-dealkylation sites (N-methyl/N-ethyl adjacent to an activating group) is 1. The molecule has 1 fully saturated rings. The summed E-state index contributed by atoms with van der Waals surface area (Å²) in [6, 6.07) is 16.6. The average Bonchev–Trinajstić information content (AvgIpc) is 3.23. The molecule has 2 aromatic rings. The number of carbonyl (C=O) groups excluding carboxylic acids is 1. The minimum atomic E-state index is -0.155. The number of nitrogens with zero attached hydrogens (tertiary/aromatic N) is 2. The van der Waals surface area contributed by atoms with E-state index in [1.165, 1.54) is 5.69 Å². The van der Waals surface area contributed by atoms with E-state index < -0.39 is 0 Å². The molecule has 1 amide bonds. The number of ether oxygens (including phenoxy) is 2. The second kappa shape index (κ2) is 8.74. The number of benzene rings is 2.